The first-order valence-corrected chi connectivity index (χ1v) is 6.53. The molecule has 110 valence electrons. The molecule has 1 N–H and O–H groups in total. The van der Waals surface area contributed by atoms with Gasteiger partial charge in [0.2, 0.25) is 5.75 Å². The number of aromatic nitrogens is 2. The van der Waals surface area contributed by atoms with E-state index in [4.69, 9.17) is 27.9 Å². The van der Waals surface area contributed by atoms with Crippen LogP contribution in [0.5, 0.6) is 11.8 Å². The predicted octanol–water partition coefficient (Wildman–Crippen LogP) is 3.20. The van der Waals surface area contributed by atoms with Gasteiger partial charge in [0.15, 0.2) is 0 Å². The third kappa shape index (κ3) is 3.78. The minimum atomic E-state index is -0.618. The molecular weight excluding hydrogens is 319 g/mol. The molecule has 0 aliphatic carbocycles. The molecule has 0 spiro atoms. The fourth-order valence-electron chi connectivity index (χ4n) is 1.53. The lowest BCUT2D eigenvalue weighted by molar-refractivity contribution is -0.385. The van der Waals surface area contributed by atoms with Crippen LogP contribution in [-0.2, 0) is 6.54 Å². The first-order chi connectivity index (χ1) is 10.0. The first-order valence-electron chi connectivity index (χ1n) is 5.78. The summed E-state index contributed by atoms with van der Waals surface area (Å²) in [4.78, 5) is 18.3. The van der Waals surface area contributed by atoms with Crippen LogP contribution < -0.4 is 10.1 Å². The third-order valence-corrected chi connectivity index (χ3v) is 3.18. The number of nitrogens with one attached hydrogen (secondary N) is 1. The molecule has 0 saturated carbocycles. The molecule has 0 radical (unpaired) electrons. The zero-order valence-corrected chi connectivity index (χ0v) is 12.4. The van der Waals surface area contributed by atoms with Crippen LogP contribution in [0.4, 0.5) is 5.69 Å². The van der Waals surface area contributed by atoms with Gasteiger partial charge in [-0.15, -0.1) is 0 Å². The van der Waals surface area contributed by atoms with Crippen molar-refractivity contribution in [2.24, 2.45) is 0 Å². The van der Waals surface area contributed by atoms with Crippen molar-refractivity contribution in [3.05, 3.63) is 50.2 Å². The van der Waals surface area contributed by atoms with E-state index in [1.54, 1.807) is 19.4 Å². The lowest BCUT2D eigenvalue weighted by atomic mass is 10.3. The average molecular weight is 329 g/mol. The van der Waals surface area contributed by atoms with Crippen molar-refractivity contribution in [2.45, 2.75) is 6.54 Å². The van der Waals surface area contributed by atoms with Gasteiger partial charge in [-0.05, 0) is 7.05 Å². The highest BCUT2D eigenvalue weighted by Crippen LogP contribution is 2.37. The Labute approximate surface area is 130 Å². The standard InChI is InChI=1S/C12H10Cl2N4O3/c1-15-4-7-5-16-12(17-6-7)21-11-3-9(14)8(13)2-10(11)18(19)20/h2-3,5-6,15H,4H2,1H3. The highest BCUT2D eigenvalue weighted by Gasteiger charge is 2.19. The van der Waals surface area contributed by atoms with Crippen LogP contribution in [0.15, 0.2) is 24.5 Å². The van der Waals surface area contributed by atoms with Gasteiger partial charge in [0.05, 0.1) is 15.0 Å². The number of nitro groups is 1. The topological polar surface area (TPSA) is 90.2 Å². The van der Waals surface area contributed by atoms with Crippen LogP contribution >= 0.6 is 23.2 Å². The van der Waals surface area contributed by atoms with E-state index >= 15 is 0 Å². The Morgan fingerprint density at radius 2 is 1.90 bits per heavy atom. The second kappa shape index (κ2) is 6.66. The van der Waals surface area contributed by atoms with Gasteiger partial charge in [-0.25, -0.2) is 9.97 Å². The Kier molecular flexibility index (Phi) is 4.89. The lowest BCUT2D eigenvalue weighted by Crippen LogP contribution is -2.06. The Morgan fingerprint density at radius 1 is 1.29 bits per heavy atom. The number of halogens is 2. The Bertz CT molecular complexity index is 664. The monoisotopic (exact) mass is 328 g/mol. The van der Waals surface area contributed by atoms with Gasteiger partial charge in [-0.1, -0.05) is 23.2 Å². The number of nitro benzene ring substituents is 1. The van der Waals surface area contributed by atoms with E-state index in [1.165, 1.54) is 6.07 Å². The number of nitrogens with zero attached hydrogens (tertiary/aromatic N) is 3. The fourth-order valence-corrected chi connectivity index (χ4v) is 1.84. The summed E-state index contributed by atoms with van der Waals surface area (Å²) in [5.74, 6) is -0.0734. The van der Waals surface area contributed by atoms with Crippen molar-refractivity contribution >= 4 is 28.9 Å². The molecule has 0 unspecified atom stereocenters. The van der Waals surface area contributed by atoms with Gasteiger partial charge in [0, 0.05) is 36.6 Å². The molecule has 0 atom stereocenters. The van der Waals surface area contributed by atoms with Crippen molar-refractivity contribution in [2.75, 3.05) is 7.05 Å². The molecule has 1 aromatic heterocycles. The van der Waals surface area contributed by atoms with E-state index < -0.39 is 4.92 Å². The smallest absolute Gasteiger partial charge is 0.322 e. The second-order valence-electron chi connectivity index (χ2n) is 4.00. The van der Waals surface area contributed by atoms with Gasteiger partial charge >= 0.3 is 11.7 Å². The van der Waals surface area contributed by atoms with Crippen molar-refractivity contribution in [3.63, 3.8) is 0 Å². The molecule has 0 bridgehead atoms. The Balaban J connectivity index is 2.30. The van der Waals surface area contributed by atoms with E-state index in [2.05, 4.69) is 15.3 Å². The number of hydrogen-bond acceptors (Lipinski definition) is 6. The van der Waals surface area contributed by atoms with Crippen LogP contribution in [0.25, 0.3) is 0 Å². The van der Waals surface area contributed by atoms with Gasteiger partial charge in [-0.3, -0.25) is 10.1 Å². The van der Waals surface area contributed by atoms with E-state index in [1.807, 2.05) is 0 Å². The van der Waals surface area contributed by atoms with Gasteiger partial charge in [-0.2, -0.15) is 0 Å². The van der Waals surface area contributed by atoms with Gasteiger partial charge in [0.1, 0.15) is 0 Å². The molecule has 0 amide bonds. The largest absolute Gasteiger partial charge is 0.417 e. The van der Waals surface area contributed by atoms with Crippen LogP contribution in [0.3, 0.4) is 0 Å². The summed E-state index contributed by atoms with van der Waals surface area (Å²) in [6, 6.07) is 2.36. The predicted molar refractivity (Wildman–Crippen MR) is 78.0 cm³/mol. The van der Waals surface area contributed by atoms with E-state index in [9.17, 15) is 10.1 Å². The maximum absolute atomic E-state index is 11.0. The summed E-state index contributed by atoms with van der Waals surface area (Å²) in [5.41, 5.74) is 0.542. The Morgan fingerprint density at radius 3 is 2.48 bits per heavy atom. The van der Waals surface area contributed by atoms with E-state index in [0.717, 1.165) is 11.6 Å². The SMILES string of the molecule is CNCc1cnc(Oc2cc(Cl)c(Cl)cc2[N+](=O)[O-])nc1. The molecular formula is C12H10Cl2N4O3. The molecule has 1 heterocycles. The van der Waals surface area contributed by atoms with Crippen molar-refractivity contribution < 1.29 is 9.66 Å². The third-order valence-electron chi connectivity index (χ3n) is 2.46. The summed E-state index contributed by atoms with van der Waals surface area (Å²) in [7, 11) is 1.80. The highest BCUT2D eigenvalue weighted by molar-refractivity contribution is 6.42. The summed E-state index contributed by atoms with van der Waals surface area (Å²) < 4.78 is 5.31. The maximum Gasteiger partial charge on any atom is 0.322 e. The van der Waals surface area contributed by atoms with Crippen molar-refractivity contribution in [1.29, 1.82) is 0 Å². The van der Waals surface area contributed by atoms with Crippen LogP contribution in [0.2, 0.25) is 10.0 Å². The summed E-state index contributed by atoms with van der Waals surface area (Å²) in [5, 5.41) is 14.2. The van der Waals surface area contributed by atoms with E-state index in [-0.39, 0.29) is 27.5 Å². The molecule has 0 saturated heterocycles. The zero-order valence-electron chi connectivity index (χ0n) is 10.8. The molecule has 0 aliphatic rings. The average Bonchev–Trinajstić information content (AvgIpc) is 2.44. The van der Waals surface area contributed by atoms with Gasteiger partial charge in [0.25, 0.3) is 0 Å². The molecule has 0 fully saturated rings. The number of hydrogen-bond donors (Lipinski definition) is 1. The highest BCUT2D eigenvalue weighted by atomic mass is 35.5. The fraction of sp³-hybridized carbons (Fsp3) is 0.167. The first kappa shape index (κ1) is 15.4. The quantitative estimate of drug-likeness (QED) is 0.669. The summed E-state index contributed by atoms with van der Waals surface area (Å²) in [6.45, 7) is 0.604. The zero-order chi connectivity index (χ0) is 15.4. The molecule has 1 aromatic carbocycles. The second-order valence-corrected chi connectivity index (χ2v) is 4.81. The molecule has 2 aromatic rings. The number of ether oxygens (including phenoxy) is 1. The van der Waals surface area contributed by atoms with Crippen molar-refractivity contribution in [3.8, 4) is 11.8 Å². The van der Waals surface area contributed by atoms with E-state index in [0.29, 0.717) is 6.54 Å². The van der Waals surface area contributed by atoms with Crippen LogP contribution in [0, 0.1) is 10.1 Å². The van der Waals surface area contributed by atoms with Crippen LogP contribution in [-0.4, -0.2) is 21.9 Å². The normalized spacial score (nSPS) is 10.4. The molecule has 9 heteroatoms. The van der Waals surface area contributed by atoms with Crippen LogP contribution in [0.1, 0.15) is 5.56 Å². The lowest BCUT2D eigenvalue weighted by Gasteiger charge is -2.06. The molecule has 0 aliphatic heterocycles. The Hall–Kier alpha value is -1.96. The maximum atomic E-state index is 11.0. The number of rotatable bonds is 5. The van der Waals surface area contributed by atoms with Gasteiger partial charge < -0.3 is 10.1 Å². The van der Waals surface area contributed by atoms with Crippen molar-refractivity contribution in [1.82, 2.24) is 15.3 Å². The summed E-state index contributed by atoms with van der Waals surface area (Å²) in [6.07, 6.45) is 3.12. The number of benzene rings is 1. The summed E-state index contributed by atoms with van der Waals surface area (Å²) >= 11 is 11.6. The minimum Gasteiger partial charge on any atom is -0.417 e. The molecule has 21 heavy (non-hydrogen) atoms. The minimum absolute atomic E-state index is 0.0173. The molecule has 7 nitrogen and oxygen atoms in total. The molecule has 2 rings (SSSR count).